The molecule has 5 nitrogen and oxygen atoms in total. The number of hydrogen-bond acceptors (Lipinski definition) is 3. The van der Waals surface area contributed by atoms with Crippen molar-refractivity contribution in [2.75, 3.05) is 30.7 Å². The Labute approximate surface area is 172 Å². The van der Waals surface area contributed by atoms with Gasteiger partial charge in [0.2, 0.25) is 5.91 Å². The third kappa shape index (κ3) is 4.02. The van der Waals surface area contributed by atoms with E-state index < -0.39 is 0 Å². The van der Waals surface area contributed by atoms with Crippen molar-refractivity contribution in [2.24, 2.45) is 5.92 Å². The monoisotopic (exact) mass is 401 g/mol. The largest absolute Gasteiger partial charge is 0.327 e. The molecule has 1 aromatic carbocycles. The highest BCUT2D eigenvalue weighted by Crippen LogP contribution is 2.45. The Kier molecular flexibility index (Phi) is 5.85. The minimum atomic E-state index is -0.0881. The number of anilines is 1. The number of aryl methyl sites for hydroxylation is 1. The molecule has 3 fully saturated rings. The maximum Gasteiger partial charge on any atom is 0.321 e. The second-order valence-electron chi connectivity index (χ2n) is 8.40. The van der Waals surface area contributed by atoms with Crippen LogP contribution in [0.15, 0.2) is 24.3 Å². The summed E-state index contributed by atoms with van der Waals surface area (Å²) in [5, 5.41) is 3.00. The fourth-order valence-corrected chi connectivity index (χ4v) is 6.26. The molecule has 2 saturated heterocycles. The first-order chi connectivity index (χ1) is 13.6. The van der Waals surface area contributed by atoms with Crippen LogP contribution in [-0.2, 0) is 4.79 Å². The second-order valence-corrected chi connectivity index (χ2v) is 9.86. The molecule has 0 unspecified atom stereocenters. The number of thioether (sulfide) groups is 1. The Hall–Kier alpha value is -1.69. The molecule has 2 aliphatic heterocycles. The standard InChI is InChI=1S/C22H31N3O2S/c1-17-7-9-19(10-8-17)23-21(27)24-13-11-22(12-14-24)25(15-16-28-22)20(26)18-5-3-2-4-6-18/h7-10,18H,2-6,11-16H2,1H3,(H,23,27). The van der Waals surface area contributed by atoms with Crippen LogP contribution in [0.5, 0.6) is 0 Å². The number of benzene rings is 1. The predicted molar refractivity (Wildman–Crippen MR) is 114 cm³/mol. The van der Waals surface area contributed by atoms with Crippen LogP contribution in [0.25, 0.3) is 0 Å². The Morgan fingerprint density at radius 3 is 2.39 bits per heavy atom. The number of hydrogen-bond donors (Lipinski definition) is 1. The number of urea groups is 1. The lowest BCUT2D eigenvalue weighted by atomic mass is 9.87. The van der Waals surface area contributed by atoms with Crippen molar-refractivity contribution < 1.29 is 9.59 Å². The number of likely N-dealkylation sites (tertiary alicyclic amines) is 1. The Balaban J connectivity index is 1.36. The number of nitrogens with zero attached hydrogens (tertiary/aromatic N) is 2. The first kappa shape index (κ1) is 19.6. The fourth-order valence-electron chi connectivity index (χ4n) is 4.80. The van der Waals surface area contributed by atoms with Gasteiger partial charge in [-0.3, -0.25) is 4.79 Å². The summed E-state index contributed by atoms with van der Waals surface area (Å²) >= 11 is 1.93. The molecule has 1 aromatic rings. The van der Waals surface area contributed by atoms with Gasteiger partial charge in [0.15, 0.2) is 0 Å². The molecule has 3 aliphatic rings. The van der Waals surface area contributed by atoms with Crippen molar-refractivity contribution in [1.82, 2.24) is 9.80 Å². The van der Waals surface area contributed by atoms with Crippen LogP contribution in [-0.4, -0.2) is 52.0 Å². The molecular formula is C22H31N3O2S. The summed E-state index contributed by atoms with van der Waals surface area (Å²) in [5.41, 5.74) is 2.01. The van der Waals surface area contributed by atoms with Gasteiger partial charge in [0.05, 0.1) is 4.87 Å². The molecular weight excluding hydrogens is 370 g/mol. The summed E-state index contributed by atoms with van der Waals surface area (Å²) in [6, 6.07) is 7.86. The fraction of sp³-hybridized carbons (Fsp3) is 0.636. The van der Waals surface area contributed by atoms with Crippen LogP contribution in [0.2, 0.25) is 0 Å². The lowest BCUT2D eigenvalue weighted by molar-refractivity contribution is -0.140. The molecule has 1 saturated carbocycles. The van der Waals surface area contributed by atoms with E-state index in [1.54, 1.807) is 0 Å². The minimum absolute atomic E-state index is 0.0353. The Bertz CT molecular complexity index is 707. The maximum absolute atomic E-state index is 13.2. The van der Waals surface area contributed by atoms with Gasteiger partial charge >= 0.3 is 6.03 Å². The van der Waals surface area contributed by atoms with E-state index in [1.165, 1.54) is 24.8 Å². The minimum Gasteiger partial charge on any atom is -0.327 e. The van der Waals surface area contributed by atoms with Crippen LogP contribution in [0.4, 0.5) is 10.5 Å². The average Bonchev–Trinajstić information content (AvgIpc) is 3.13. The molecule has 152 valence electrons. The molecule has 6 heteroatoms. The zero-order chi connectivity index (χ0) is 19.6. The van der Waals surface area contributed by atoms with Gasteiger partial charge in [-0.25, -0.2) is 4.79 Å². The molecule has 28 heavy (non-hydrogen) atoms. The van der Waals surface area contributed by atoms with Crippen LogP contribution in [0.1, 0.15) is 50.5 Å². The van der Waals surface area contributed by atoms with Crippen molar-refractivity contribution in [3.8, 4) is 0 Å². The van der Waals surface area contributed by atoms with Gasteiger partial charge in [0, 0.05) is 37.0 Å². The number of carbonyl (C=O) groups is 2. The highest BCUT2D eigenvalue weighted by molar-refractivity contribution is 8.00. The molecule has 1 aliphatic carbocycles. The molecule has 3 amide bonds. The molecule has 1 spiro atoms. The van der Waals surface area contributed by atoms with E-state index in [9.17, 15) is 9.59 Å². The van der Waals surface area contributed by atoms with Gasteiger partial charge < -0.3 is 15.1 Å². The van der Waals surface area contributed by atoms with Gasteiger partial charge in [-0.05, 0) is 44.7 Å². The van der Waals surface area contributed by atoms with Crippen molar-refractivity contribution >= 4 is 29.4 Å². The number of piperidine rings is 1. The predicted octanol–water partition coefficient (Wildman–Crippen LogP) is 4.47. The van der Waals surface area contributed by atoms with E-state index in [4.69, 9.17) is 0 Å². The Morgan fingerprint density at radius 2 is 1.71 bits per heavy atom. The quantitative estimate of drug-likeness (QED) is 0.795. The first-order valence-electron chi connectivity index (χ1n) is 10.7. The summed E-state index contributed by atoms with van der Waals surface area (Å²) in [6.45, 7) is 4.32. The van der Waals surface area contributed by atoms with Crippen LogP contribution < -0.4 is 5.32 Å². The van der Waals surface area contributed by atoms with E-state index in [0.717, 1.165) is 43.7 Å². The van der Waals surface area contributed by atoms with Gasteiger partial charge in [-0.1, -0.05) is 37.0 Å². The molecule has 0 radical (unpaired) electrons. The zero-order valence-electron chi connectivity index (χ0n) is 16.8. The summed E-state index contributed by atoms with van der Waals surface area (Å²) < 4.78 is 0. The second kappa shape index (κ2) is 8.36. The number of nitrogens with one attached hydrogen (secondary N) is 1. The summed E-state index contributed by atoms with van der Waals surface area (Å²) in [7, 11) is 0. The summed E-state index contributed by atoms with van der Waals surface area (Å²) in [6.07, 6.45) is 7.51. The molecule has 0 atom stereocenters. The highest BCUT2D eigenvalue weighted by atomic mass is 32.2. The molecule has 0 aromatic heterocycles. The van der Waals surface area contributed by atoms with E-state index in [1.807, 2.05) is 47.9 Å². The third-order valence-electron chi connectivity index (χ3n) is 6.53. The highest BCUT2D eigenvalue weighted by Gasteiger charge is 2.48. The smallest absolute Gasteiger partial charge is 0.321 e. The van der Waals surface area contributed by atoms with E-state index in [-0.39, 0.29) is 16.8 Å². The molecule has 4 rings (SSSR count). The van der Waals surface area contributed by atoms with Gasteiger partial charge in [0.1, 0.15) is 0 Å². The average molecular weight is 402 g/mol. The summed E-state index contributed by atoms with van der Waals surface area (Å²) in [5.74, 6) is 1.63. The van der Waals surface area contributed by atoms with Crippen molar-refractivity contribution in [3.63, 3.8) is 0 Å². The number of rotatable bonds is 2. The molecule has 2 heterocycles. The molecule has 1 N–H and O–H groups in total. The third-order valence-corrected chi connectivity index (χ3v) is 8.09. The van der Waals surface area contributed by atoms with Gasteiger partial charge in [0.25, 0.3) is 0 Å². The molecule has 0 bridgehead atoms. The van der Waals surface area contributed by atoms with Crippen LogP contribution >= 0.6 is 11.8 Å². The van der Waals surface area contributed by atoms with Gasteiger partial charge in [-0.2, -0.15) is 0 Å². The lowest BCUT2D eigenvalue weighted by Gasteiger charge is -2.45. The van der Waals surface area contributed by atoms with E-state index in [2.05, 4.69) is 10.2 Å². The zero-order valence-corrected chi connectivity index (χ0v) is 17.6. The van der Waals surface area contributed by atoms with Crippen molar-refractivity contribution in [1.29, 1.82) is 0 Å². The topological polar surface area (TPSA) is 52.7 Å². The maximum atomic E-state index is 13.2. The van der Waals surface area contributed by atoms with E-state index in [0.29, 0.717) is 19.0 Å². The van der Waals surface area contributed by atoms with Gasteiger partial charge in [-0.15, -0.1) is 11.8 Å². The number of carbonyl (C=O) groups excluding carboxylic acids is 2. The van der Waals surface area contributed by atoms with Crippen LogP contribution in [0.3, 0.4) is 0 Å². The normalized spacial score (nSPS) is 22.5. The SMILES string of the molecule is Cc1ccc(NC(=O)N2CCC3(CC2)SCCN3C(=O)C2CCCCC2)cc1. The van der Waals surface area contributed by atoms with E-state index >= 15 is 0 Å². The number of amides is 3. The summed E-state index contributed by atoms with van der Waals surface area (Å²) in [4.78, 5) is 29.8. The van der Waals surface area contributed by atoms with Crippen molar-refractivity contribution in [2.45, 2.75) is 56.7 Å². The lowest BCUT2D eigenvalue weighted by Crippen LogP contribution is -2.55. The Morgan fingerprint density at radius 1 is 1.04 bits per heavy atom. The van der Waals surface area contributed by atoms with Crippen LogP contribution in [0, 0.1) is 12.8 Å². The first-order valence-corrected chi connectivity index (χ1v) is 11.6. The van der Waals surface area contributed by atoms with Crippen molar-refractivity contribution in [3.05, 3.63) is 29.8 Å².